The van der Waals surface area contributed by atoms with E-state index >= 15 is 0 Å². The van der Waals surface area contributed by atoms with Crippen molar-refractivity contribution in [1.82, 2.24) is 24.4 Å². The Hall–Kier alpha value is -2.80. The number of hydrogen-bond acceptors (Lipinski definition) is 6. The van der Waals surface area contributed by atoms with Crippen molar-refractivity contribution in [3.05, 3.63) is 58.7 Å². The number of hydrogen-bond donors (Lipinski definition) is 0. The van der Waals surface area contributed by atoms with Crippen molar-refractivity contribution in [3.63, 3.8) is 0 Å². The molecule has 7 heteroatoms. The second kappa shape index (κ2) is 8.14. The summed E-state index contributed by atoms with van der Waals surface area (Å²) in [6.07, 6.45) is 8.17. The Morgan fingerprint density at radius 1 is 1.03 bits per heavy atom. The van der Waals surface area contributed by atoms with Crippen molar-refractivity contribution in [2.45, 2.75) is 45.2 Å². The van der Waals surface area contributed by atoms with Gasteiger partial charge < -0.3 is 4.90 Å². The van der Waals surface area contributed by atoms with Crippen LogP contribution >= 0.6 is 0 Å². The minimum atomic E-state index is 0.100. The van der Waals surface area contributed by atoms with Crippen LogP contribution in [0.3, 0.4) is 0 Å². The fourth-order valence-corrected chi connectivity index (χ4v) is 4.75. The molecule has 0 bridgehead atoms. The molecule has 3 heterocycles. The first-order chi connectivity index (χ1) is 14.7. The first kappa shape index (κ1) is 19.2. The fraction of sp³-hybridized carbons (Fsp3) is 0.478. The van der Waals surface area contributed by atoms with Crippen LogP contribution in [0, 0.1) is 6.92 Å². The van der Waals surface area contributed by atoms with E-state index in [1.165, 1.54) is 12.8 Å². The summed E-state index contributed by atoms with van der Waals surface area (Å²) in [7, 11) is 0. The van der Waals surface area contributed by atoms with E-state index in [4.69, 9.17) is 0 Å². The molecule has 0 amide bonds. The number of aryl methyl sites for hydroxylation is 1. The molecule has 5 rings (SSSR count). The van der Waals surface area contributed by atoms with Gasteiger partial charge in [-0.05, 0) is 44.0 Å². The molecular weight excluding hydrogens is 376 g/mol. The highest BCUT2D eigenvalue weighted by Crippen LogP contribution is 2.28. The van der Waals surface area contributed by atoms with Crippen molar-refractivity contribution in [1.29, 1.82) is 0 Å². The lowest BCUT2D eigenvalue weighted by atomic mass is 10.1. The molecule has 0 unspecified atom stereocenters. The maximum atomic E-state index is 12.9. The molecule has 0 spiro atoms. The van der Waals surface area contributed by atoms with Gasteiger partial charge in [0, 0.05) is 50.6 Å². The minimum Gasteiger partial charge on any atom is -0.369 e. The summed E-state index contributed by atoms with van der Waals surface area (Å²) in [6, 6.07) is 8.42. The Morgan fingerprint density at radius 3 is 2.60 bits per heavy atom. The van der Waals surface area contributed by atoms with E-state index in [2.05, 4.69) is 36.9 Å². The topological polar surface area (TPSA) is 67.2 Å². The van der Waals surface area contributed by atoms with Crippen LogP contribution in [0.1, 0.15) is 43.2 Å². The van der Waals surface area contributed by atoms with Gasteiger partial charge in [0.15, 0.2) is 0 Å². The summed E-state index contributed by atoms with van der Waals surface area (Å²) < 4.78 is 1.85. The van der Waals surface area contributed by atoms with Gasteiger partial charge in [0.2, 0.25) is 0 Å². The molecule has 1 aromatic carbocycles. The maximum Gasteiger partial charge on any atom is 0.261 e. The molecule has 1 saturated heterocycles. The lowest BCUT2D eigenvalue weighted by Gasteiger charge is -2.36. The van der Waals surface area contributed by atoms with Crippen molar-refractivity contribution in [3.8, 4) is 0 Å². The monoisotopic (exact) mass is 404 g/mol. The zero-order valence-electron chi connectivity index (χ0n) is 17.5. The molecular formula is C23H28N6O. The highest BCUT2D eigenvalue weighted by molar-refractivity contribution is 5.81. The SMILES string of the molecule is Cc1nccc(CN2CCN(c3ccc4c(=O)n(C5CCCC5)cnc4c3)CC2)n1. The third kappa shape index (κ3) is 3.81. The number of anilines is 1. The number of aromatic nitrogens is 4. The van der Waals surface area contributed by atoms with Crippen molar-refractivity contribution in [2.24, 2.45) is 0 Å². The predicted molar refractivity (Wildman–Crippen MR) is 118 cm³/mol. The van der Waals surface area contributed by atoms with E-state index in [0.29, 0.717) is 6.04 Å². The van der Waals surface area contributed by atoms with Gasteiger partial charge in [-0.1, -0.05) is 12.8 Å². The molecule has 30 heavy (non-hydrogen) atoms. The van der Waals surface area contributed by atoms with Crippen LogP contribution in [0.5, 0.6) is 0 Å². The number of nitrogens with zero attached hydrogens (tertiary/aromatic N) is 6. The largest absolute Gasteiger partial charge is 0.369 e. The number of fused-ring (bicyclic) bond motifs is 1. The molecule has 3 aromatic rings. The van der Waals surface area contributed by atoms with Crippen LogP contribution in [-0.2, 0) is 6.54 Å². The van der Waals surface area contributed by atoms with Crippen molar-refractivity contribution >= 4 is 16.6 Å². The quantitative estimate of drug-likeness (QED) is 0.666. The minimum absolute atomic E-state index is 0.100. The molecule has 1 saturated carbocycles. The van der Waals surface area contributed by atoms with Gasteiger partial charge in [0.05, 0.1) is 22.9 Å². The van der Waals surface area contributed by atoms with Crippen molar-refractivity contribution < 1.29 is 0 Å². The summed E-state index contributed by atoms with van der Waals surface area (Å²) in [5, 5.41) is 0.728. The zero-order valence-corrected chi connectivity index (χ0v) is 17.5. The Balaban J connectivity index is 1.28. The number of rotatable bonds is 4. The highest BCUT2D eigenvalue weighted by Gasteiger charge is 2.21. The first-order valence-corrected chi connectivity index (χ1v) is 10.9. The van der Waals surface area contributed by atoms with Crippen molar-refractivity contribution in [2.75, 3.05) is 31.1 Å². The van der Waals surface area contributed by atoms with Gasteiger partial charge in [-0.3, -0.25) is 14.3 Å². The second-order valence-corrected chi connectivity index (χ2v) is 8.46. The molecule has 2 aliphatic rings. The number of piperazine rings is 1. The Labute approximate surface area is 176 Å². The molecule has 2 aromatic heterocycles. The third-order valence-electron chi connectivity index (χ3n) is 6.44. The average molecular weight is 405 g/mol. The van der Waals surface area contributed by atoms with Gasteiger partial charge in [0.1, 0.15) is 5.82 Å². The third-order valence-corrected chi connectivity index (χ3v) is 6.44. The van der Waals surface area contributed by atoms with Gasteiger partial charge in [0.25, 0.3) is 5.56 Å². The molecule has 0 radical (unpaired) electrons. The molecule has 2 fully saturated rings. The molecule has 7 nitrogen and oxygen atoms in total. The van der Waals surface area contributed by atoms with E-state index in [-0.39, 0.29) is 5.56 Å². The molecule has 0 atom stereocenters. The fourth-order valence-electron chi connectivity index (χ4n) is 4.75. The second-order valence-electron chi connectivity index (χ2n) is 8.46. The lowest BCUT2D eigenvalue weighted by Crippen LogP contribution is -2.46. The summed E-state index contributed by atoms with van der Waals surface area (Å²) in [4.78, 5) is 31.1. The highest BCUT2D eigenvalue weighted by atomic mass is 16.1. The number of benzene rings is 1. The Morgan fingerprint density at radius 2 is 1.83 bits per heavy atom. The van der Waals surface area contributed by atoms with Gasteiger partial charge in [-0.25, -0.2) is 15.0 Å². The summed E-state index contributed by atoms with van der Waals surface area (Å²) >= 11 is 0. The van der Waals surface area contributed by atoms with Gasteiger partial charge in [-0.2, -0.15) is 0 Å². The summed E-state index contributed by atoms with van der Waals surface area (Å²) in [5.74, 6) is 0.821. The van der Waals surface area contributed by atoms with Gasteiger partial charge in [-0.15, -0.1) is 0 Å². The van der Waals surface area contributed by atoms with E-state index in [0.717, 1.165) is 73.7 Å². The first-order valence-electron chi connectivity index (χ1n) is 10.9. The van der Waals surface area contributed by atoms with Crippen LogP contribution in [0.2, 0.25) is 0 Å². The average Bonchev–Trinajstić information content (AvgIpc) is 3.29. The van der Waals surface area contributed by atoms with Gasteiger partial charge >= 0.3 is 0 Å². The molecule has 1 aliphatic heterocycles. The molecule has 1 aliphatic carbocycles. The van der Waals surface area contributed by atoms with E-state index in [1.807, 2.05) is 29.8 Å². The van der Waals surface area contributed by atoms with E-state index < -0.39 is 0 Å². The Kier molecular flexibility index (Phi) is 5.21. The molecule has 0 N–H and O–H groups in total. The Bertz CT molecular complexity index is 1100. The van der Waals surface area contributed by atoms with Crippen LogP contribution in [0.4, 0.5) is 5.69 Å². The smallest absolute Gasteiger partial charge is 0.261 e. The predicted octanol–water partition coefficient (Wildman–Crippen LogP) is 2.93. The van der Waals surface area contributed by atoms with Crippen LogP contribution in [-0.4, -0.2) is 50.6 Å². The van der Waals surface area contributed by atoms with E-state index in [1.54, 1.807) is 6.33 Å². The normalized spacial score (nSPS) is 18.4. The summed E-state index contributed by atoms with van der Waals surface area (Å²) in [5.41, 5.74) is 3.11. The van der Waals surface area contributed by atoms with Crippen LogP contribution in [0.15, 0.2) is 41.6 Å². The lowest BCUT2D eigenvalue weighted by molar-refractivity contribution is 0.247. The maximum absolute atomic E-state index is 12.9. The van der Waals surface area contributed by atoms with Crippen LogP contribution < -0.4 is 10.5 Å². The zero-order chi connectivity index (χ0) is 20.5. The van der Waals surface area contributed by atoms with Crippen LogP contribution in [0.25, 0.3) is 10.9 Å². The molecule has 156 valence electrons. The van der Waals surface area contributed by atoms with E-state index in [9.17, 15) is 4.79 Å². The standard InChI is InChI=1S/C23H28N6O/c1-17-24-9-8-18(26-17)15-27-10-12-28(13-11-27)20-6-7-21-22(14-20)25-16-29(23(21)30)19-4-2-3-5-19/h6-9,14,16,19H,2-5,10-13,15H2,1H3. The summed E-state index contributed by atoms with van der Waals surface area (Å²) in [6.45, 7) is 6.66.